The summed E-state index contributed by atoms with van der Waals surface area (Å²) < 4.78 is 6.42. The van der Waals surface area contributed by atoms with Crippen molar-refractivity contribution >= 4 is 17.7 Å². The van der Waals surface area contributed by atoms with Crippen molar-refractivity contribution in [2.24, 2.45) is 11.3 Å². The normalized spacial score (nSPS) is 33.1. The number of hydrogen-bond acceptors (Lipinski definition) is 6. The summed E-state index contributed by atoms with van der Waals surface area (Å²) in [4.78, 5) is 38.2. The first-order chi connectivity index (χ1) is 16.3. The second kappa shape index (κ2) is 9.03. The van der Waals surface area contributed by atoms with Gasteiger partial charge in [-0.25, -0.2) is 0 Å². The van der Waals surface area contributed by atoms with Gasteiger partial charge in [0.25, 0.3) is 5.91 Å². The van der Waals surface area contributed by atoms with Crippen LogP contribution in [0.1, 0.15) is 74.2 Å². The molecule has 5 rings (SSSR count). The van der Waals surface area contributed by atoms with E-state index in [1.807, 2.05) is 19.1 Å². The number of fused-ring (bicyclic) bond motifs is 1. The molecule has 8 heteroatoms. The lowest BCUT2D eigenvalue weighted by Crippen LogP contribution is -2.52. The van der Waals surface area contributed by atoms with E-state index >= 15 is 0 Å². The van der Waals surface area contributed by atoms with E-state index in [0.717, 1.165) is 50.0 Å². The molecule has 3 atom stereocenters. The minimum absolute atomic E-state index is 0.0672. The molecule has 2 saturated carbocycles. The van der Waals surface area contributed by atoms with Crippen LogP contribution >= 0.6 is 0 Å². The Hall–Kier alpha value is -2.92. The van der Waals surface area contributed by atoms with Gasteiger partial charge in [0.15, 0.2) is 0 Å². The Morgan fingerprint density at radius 1 is 1.21 bits per heavy atom. The van der Waals surface area contributed by atoms with E-state index in [1.54, 1.807) is 11.0 Å². The Labute approximate surface area is 200 Å². The Balaban J connectivity index is 1.21. The van der Waals surface area contributed by atoms with Gasteiger partial charge in [-0.1, -0.05) is 6.42 Å². The largest absolute Gasteiger partial charge is 0.489 e. The van der Waals surface area contributed by atoms with Crippen molar-refractivity contribution in [3.63, 3.8) is 0 Å². The number of rotatable bonds is 6. The van der Waals surface area contributed by atoms with Gasteiger partial charge < -0.3 is 15.0 Å². The molecule has 1 unspecified atom stereocenters. The van der Waals surface area contributed by atoms with E-state index in [2.05, 4.69) is 16.7 Å². The third kappa shape index (κ3) is 4.41. The molecule has 0 spiro atoms. The number of imide groups is 1. The first-order valence-electron chi connectivity index (χ1n) is 12.4. The van der Waals surface area contributed by atoms with Crippen molar-refractivity contribution in [3.8, 4) is 11.8 Å². The summed E-state index contributed by atoms with van der Waals surface area (Å²) >= 11 is 0. The fraction of sp³-hybridized carbons (Fsp3) is 0.615. The summed E-state index contributed by atoms with van der Waals surface area (Å²) in [5.41, 5.74) is 1.30. The van der Waals surface area contributed by atoms with Gasteiger partial charge in [0.2, 0.25) is 11.8 Å². The third-order valence-electron chi connectivity index (χ3n) is 7.90. The van der Waals surface area contributed by atoms with Crippen molar-refractivity contribution in [1.82, 2.24) is 15.5 Å². The molecule has 3 amide bonds. The molecule has 2 aliphatic carbocycles. The Morgan fingerprint density at radius 3 is 2.76 bits per heavy atom. The zero-order valence-electron chi connectivity index (χ0n) is 19.6. The van der Waals surface area contributed by atoms with Crippen LogP contribution in [0.15, 0.2) is 18.2 Å². The second-order valence-electron chi connectivity index (χ2n) is 10.6. The zero-order valence-corrected chi connectivity index (χ0v) is 19.6. The van der Waals surface area contributed by atoms with Crippen molar-refractivity contribution in [2.45, 2.75) is 83.0 Å². The molecular weight excluding hydrogens is 432 g/mol. The highest BCUT2D eigenvalue weighted by Gasteiger charge is 2.41. The molecule has 0 bridgehead atoms. The number of amides is 3. The first-order valence-corrected chi connectivity index (χ1v) is 12.4. The predicted octanol–water partition coefficient (Wildman–Crippen LogP) is 2.67. The topological polar surface area (TPSA) is 112 Å². The number of ether oxygens (including phenoxy) is 1. The van der Waals surface area contributed by atoms with Gasteiger partial charge in [-0.2, -0.15) is 5.26 Å². The van der Waals surface area contributed by atoms with Gasteiger partial charge in [0.1, 0.15) is 17.9 Å². The van der Waals surface area contributed by atoms with Crippen molar-refractivity contribution in [3.05, 3.63) is 29.3 Å². The van der Waals surface area contributed by atoms with Gasteiger partial charge in [-0.05, 0) is 81.7 Å². The molecule has 34 heavy (non-hydrogen) atoms. The average Bonchev–Trinajstić information content (AvgIpc) is 3.12. The molecule has 1 aromatic carbocycles. The highest BCUT2D eigenvalue weighted by atomic mass is 16.5. The smallest absolute Gasteiger partial charge is 0.255 e. The summed E-state index contributed by atoms with van der Waals surface area (Å²) in [5, 5.41) is 15.3. The summed E-state index contributed by atoms with van der Waals surface area (Å²) in [6, 6.07) is 7.66. The fourth-order valence-electron chi connectivity index (χ4n) is 6.04. The number of hydrogen-bond donors (Lipinski definition) is 2. The summed E-state index contributed by atoms with van der Waals surface area (Å²) in [5.74, 6) is 0.449. The van der Waals surface area contributed by atoms with Gasteiger partial charge in [-0.3, -0.25) is 19.7 Å². The summed E-state index contributed by atoms with van der Waals surface area (Å²) in [6.07, 6.45) is 6.95. The van der Waals surface area contributed by atoms with Gasteiger partial charge in [-0.15, -0.1) is 0 Å². The Kier molecular flexibility index (Phi) is 6.07. The molecule has 2 aliphatic heterocycles. The quantitative estimate of drug-likeness (QED) is 0.626. The minimum atomic E-state index is -0.608. The highest BCUT2D eigenvalue weighted by molar-refractivity contribution is 6.05. The van der Waals surface area contributed by atoms with Crippen molar-refractivity contribution in [2.75, 3.05) is 6.54 Å². The van der Waals surface area contributed by atoms with Crippen LogP contribution < -0.4 is 15.4 Å². The molecule has 0 radical (unpaired) electrons. The predicted molar refractivity (Wildman–Crippen MR) is 124 cm³/mol. The first kappa shape index (κ1) is 22.9. The van der Waals surface area contributed by atoms with E-state index < -0.39 is 11.9 Å². The van der Waals surface area contributed by atoms with E-state index in [1.165, 1.54) is 6.42 Å². The number of nitrogens with zero attached hydrogens (tertiary/aromatic N) is 2. The number of piperidine rings is 1. The van der Waals surface area contributed by atoms with Crippen LogP contribution in [0.4, 0.5) is 0 Å². The maximum Gasteiger partial charge on any atom is 0.255 e. The number of carbonyl (C=O) groups is 3. The maximum absolute atomic E-state index is 12.9. The molecule has 0 aromatic heterocycles. The molecule has 180 valence electrons. The van der Waals surface area contributed by atoms with Crippen LogP contribution in [0.3, 0.4) is 0 Å². The second-order valence-corrected chi connectivity index (χ2v) is 10.6. The molecule has 2 heterocycles. The van der Waals surface area contributed by atoms with E-state index in [4.69, 9.17) is 4.74 Å². The number of nitriles is 1. The summed E-state index contributed by atoms with van der Waals surface area (Å²) in [7, 11) is 0. The van der Waals surface area contributed by atoms with Gasteiger partial charge >= 0.3 is 0 Å². The van der Waals surface area contributed by atoms with Crippen molar-refractivity contribution < 1.29 is 19.1 Å². The molecule has 1 aromatic rings. The van der Waals surface area contributed by atoms with Gasteiger partial charge in [0.05, 0.1) is 11.5 Å². The van der Waals surface area contributed by atoms with E-state index in [0.29, 0.717) is 24.4 Å². The van der Waals surface area contributed by atoms with E-state index in [9.17, 15) is 19.6 Å². The molecular formula is C26H32N4O4. The molecule has 3 fully saturated rings. The lowest BCUT2D eigenvalue weighted by Gasteiger charge is -2.41. The SMILES string of the molecule is C[C@]1(C#N)C[C@@H](CN[C@H]2CCCC[C@H]2Oc2ccc3c(c2)CN(C2CCC(=O)NC2=O)C3=O)C1. The highest BCUT2D eigenvalue weighted by Crippen LogP contribution is 2.44. The third-order valence-corrected chi connectivity index (χ3v) is 7.90. The number of benzene rings is 1. The zero-order chi connectivity index (χ0) is 23.9. The molecule has 1 saturated heterocycles. The maximum atomic E-state index is 12.9. The van der Waals surface area contributed by atoms with Crippen LogP contribution in [0.2, 0.25) is 0 Å². The lowest BCUT2D eigenvalue weighted by atomic mass is 9.64. The number of nitrogens with one attached hydrogen (secondary N) is 2. The minimum Gasteiger partial charge on any atom is -0.489 e. The van der Waals surface area contributed by atoms with Crippen LogP contribution in [-0.2, 0) is 16.1 Å². The molecule has 8 nitrogen and oxygen atoms in total. The molecule has 4 aliphatic rings. The monoisotopic (exact) mass is 464 g/mol. The van der Waals surface area contributed by atoms with Crippen LogP contribution in [0.25, 0.3) is 0 Å². The molecule has 2 N–H and O–H groups in total. The fourth-order valence-corrected chi connectivity index (χ4v) is 6.04. The lowest BCUT2D eigenvalue weighted by molar-refractivity contribution is -0.136. The number of carbonyl (C=O) groups excluding carboxylic acids is 3. The Morgan fingerprint density at radius 2 is 2.00 bits per heavy atom. The van der Waals surface area contributed by atoms with E-state index in [-0.39, 0.29) is 35.8 Å². The summed E-state index contributed by atoms with van der Waals surface area (Å²) in [6.45, 7) is 3.31. The van der Waals surface area contributed by atoms with Crippen LogP contribution in [0.5, 0.6) is 5.75 Å². The van der Waals surface area contributed by atoms with Crippen LogP contribution in [0, 0.1) is 22.7 Å². The van der Waals surface area contributed by atoms with Crippen molar-refractivity contribution in [1.29, 1.82) is 5.26 Å². The standard InChI is InChI=1S/C26H32N4O4/c1-26(15-27)11-16(12-26)13-28-20-4-2-3-5-22(20)34-18-6-7-19-17(10-18)14-30(25(19)33)21-8-9-23(31)29-24(21)32/h6-7,10,16,20-22,28H,2-5,8-9,11-14H2,1H3,(H,29,31,32)/t16-,20-,21?,22+,26+/m0/s1. The van der Waals surface area contributed by atoms with Gasteiger partial charge in [0, 0.05) is 24.6 Å². The average molecular weight is 465 g/mol. The Bertz CT molecular complexity index is 1040. The van der Waals surface area contributed by atoms with Crippen LogP contribution in [-0.4, -0.2) is 47.4 Å².